The van der Waals surface area contributed by atoms with E-state index >= 15 is 0 Å². The third-order valence-electron chi connectivity index (χ3n) is 5.79. The van der Waals surface area contributed by atoms with Crippen molar-refractivity contribution in [3.05, 3.63) is 0 Å². The Hall–Kier alpha value is -0.570. The molecule has 0 aromatic carbocycles. The van der Waals surface area contributed by atoms with Gasteiger partial charge in [0, 0.05) is 0 Å². The van der Waals surface area contributed by atoms with Crippen molar-refractivity contribution in [1.82, 2.24) is 0 Å². The van der Waals surface area contributed by atoms with Crippen molar-refractivity contribution in [1.29, 1.82) is 0 Å². The Bertz CT molecular complexity index is 325. The van der Waals surface area contributed by atoms with Crippen molar-refractivity contribution < 1.29 is 15.0 Å². The molecular formula is C23H46O3. The molecule has 3 nitrogen and oxygen atoms in total. The lowest BCUT2D eigenvalue weighted by molar-refractivity contribution is -0.163. The van der Waals surface area contributed by atoms with Crippen molar-refractivity contribution >= 4 is 5.97 Å². The summed E-state index contributed by atoms with van der Waals surface area (Å²) in [6.07, 6.45) is 20.8. The summed E-state index contributed by atoms with van der Waals surface area (Å²) in [7, 11) is 0. The van der Waals surface area contributed by atoms with E-state index in [2.05, 4.69) is 13.8 Å². The van der Waals surface area contributed by atoms with Crippen LogP contribution in [0.15, 0.2) is 0 Å². The molecule has 156 valence electrons. The van der Waals surface area contributed by atoms with Crippen LogP contribution in [-0.2, 0) is 4.79 Å². The summed E-state index contributed by atoms with van der Waals surface area (Å²) in [6, 6.07) is 0. The van der Waals surface area contributed by atoms with Gasteiger partial charge in [0.1, 0.15) is 0 Å². The molecule has 0 amide bonds. The number of hydrogen-bond acceptors (Lipinski definition) is 2. The SMILES string of the molecule is CCCCCCCCCCCCCCCC(CCCC)C(C)(O)C(=O)O. The Morgan fingerprint density at radius 2 is 1.04 bits per heavy atom. The maximum Gasteiger partial charge on any atom is 0.335 e. The van der Waals surface area contributed by atoms with Gasteiger partial charge in [0.25, 0.3) is 0 Å². The summed E-state index contributed by atoms with van der Waals surface area (Å²) in [5, 5.41) is 19.5. The van der Waals surface area contributed by atoms with Crippen molar-refractivity contribution in [2.45, 2.75) is 136 Å². The Morgan fingerprint density at radius 1 is 0.692 bits per heavy atom. The van der Waals surface area contributed by atoms with Crippen LogP contribution in [-0.4, -0.2) is 21.8 Å². The largest absolute Gasteiger partial charge is 0.479 e. The van der Waals surface area contributed by atoms with Crippen LogP contribution in [0.5, 0.6) is 0 Å². The van der Waals surface area contributed by atoms with Crippen molar-refractivity contribution in [3.8, 4) is 0 Å². The second-order valence-corrected chi connectivity index (χ2v) is 8.32. The maximum absolute atomic E-state index is 11.3. The van der Waals surface area contributed by atoms with E-state index in [-0.39, 0.29) is 5.92 Å². The monoisotopic (exact) mass is 370 g/mol. The quantitative estimate of drug-likeness (QED) is 0.238. The standard InChI is InChI=1S/C23H46O3/c1-4-6-8-9-10-11-12-13-14-15-16-17-18-20-21(19-7-5-2)23(3,26)22(24)25/h21,26H,4-20H2,1-3H3,(H,24,25). The molecule has 0 aromatic heterocycles. The highest BCUT2D eigenvalue weighted by Crippen LogP contribution is 2.29. The van der Waals surface area contributed by atoms with Crippen LogP contribution in [0.2, 0.25) is 0 Å². The molecule has 0 heterocycles. The summed E-state index contributed by atoms with van der Waals surface area (Å²) in [5.74, 6) is -1.19. The summed E-state index contributed by atoms with van der Waals surface area (Å²) < 4.78 is 0. The van der Waals surface area contributed by atoms with Gasteiger partial charge in [-0.3, -0.25) is 0 Å². The molecule has 2 atom stereocenters. The third-order valence-corrected chi connectivity index (χ3v) is 5.79. The van der Waals surface area contributed by atoms with Crippen LogP contribution in [0.3, 0.4) is 0 Å². The Morgan fingerprint density at radius 3 is 1.42 bits per heavy atom. The molecule has 0 aromatic rings. The zero-order valence-corrected chi connectivity index (χ0v) is 17.9. The Balaban J connectivity index is 3.65. The summed E-state index contributed by atoms with van der Waals surface area (Å²) in [4.78, 5) is 11.3. The van der Waals surface area contributed by atoms with Crippen molar-refractivity contribution in [2.75, 3.05) is 0 Å². The zero-order valence-electron chi connectivity index (χ0n) is 17.9. The number of carbonyl (C=O) groups is 1. The molecule has 2 N–H and O–H groups in total. The second-order valence-electron chi connectivity index (χ2n) is 8.32. The molecule has 0 aliphatic rings. The molecule has 0 radical (unpaired) electrons. The van der Waals surface area contributed by atoms with Crippen LogP contribution in [0, 0.1) is 5.92 Å². The first-order valence-corrected chi connectivity index (χ1v) is 11.4. The summed E-state index contributed by atoms with van der Waals surface area (Å²) >= 11 is 0. The minimum atomic E-state index is -1.58. The molecule has 0 saturated heterocycles. The van der Waals surface area contributed by atoms with Gasteiger partial charge >= 0.3 is 5.97 Å². The van der Waals surface area contributed by atoms with Gasteiger partial charge in [-0.25, -0.2) is 4.79 Å². The van der Waals surface area contributed by atoms with Crippen LogP contribution in [0.1, 0.15) is 130 Å². The average molecular weight is 371 g/mol. The smallest absolute Gasteiger partial charge is 0.335 e. The lowest BCUT2D eigenvalue weighted by Gasteiger charge is -2.29. The highest BCUT2D eigenvalue weighted by atomic mass is 16.4. The molecule has 2 unspecified atom stereocenters. The van der Waals surface area contributed by atoms with E-state index in [1.807, 2.05) is 0 Å². The van der Waals surface area contributed by atoms with Crippen LogP contribution in [0.25, 0.3) is 0 Å². The van der Waals surface area contributed by atoms with Gasteiger partial charge in [0.2, 0.25) is 0 Å². The molecule has 0 aliphatic carbocycles. The zero-order chi connectivity index (χ0) is 19.7. The molecule has 0 fully saturated rings. The van der Waals surface area contributed by atoms with Gasteiger partial charge in [0.05, 0.1) is 0 Å². The first kappa shape index (κ1) is 25.4. The van der Waals surface area contributed by atoms with E-state index in [1.165, 1.54) is 77.6 Å². The highest BCUT2D eigenvalue weighted by molar-refractivity contribution is 5.76. The third kappa shape index (κ3) is 12.7. The van der Waals surface area contributed by atoms with E-state index in [0.717, 1.165) is 38.5 Å². The fraction of sp³-hybridized carbons (Fsp3) is 0.957. The molecule has 0 saturated carbocycles. The molecule has 0 spiro atoms. The van der Waals surface area contributed by atoms with Crippen LogP contribution in [0.4, 0.5) is 0 Å². The van der Waals surface area contributed by atoms with Crippen molar-refractivity contribution in [2.24, 2.45) is 5.92 Å². The second kappa shape index (κ2) is 16.6. The van der Waals surface area contributed by atoms with E-state index in [4.69, 9.17) is 0 Å². The first-order valence-electron chi connectivity index (χ1n) is 11.4. The predicted octanol–water partition coefficient (Wildman–Crippen LogP) is 7.11. The summed E-state index contributed by atoms with van der Waals surface area (Å²) in [6.45, 7) is 5.84. The van der Waals surface area contributed by atoms with E-state index < -0.39 is 11.6 Å². The van der Waals surface area contributed by atoms with E-state index in [1.54, 1.807) is 0 Å². The van der Waals surface area contributed by atoms with Gasteiger partial charge in [0.15, 0.2) is 5.60 Å². The molecular weight excluding hydrogens is 324 g/mol. The fourth-order valence-electron chi connectivity index (χ4n) is 3.74. The molecule has 0 aliphatic heterocycles. The van der Waals surface area contributed by atoms with Gasteiger partial charge in [-0.2, -0.15) is 0 Å². The summed E-state index contributed by atoms with van der Waals surface area (Å²) in [5.41, 5.74) is -1.58. The van der Waals surface area contributed by atoms with Crippen molar-refractivity contribution in [3.63, 3.8) is 0 Å². The minimum absolute atomic E-state index is 0.118. The first-order chi connectivity index (χ1) is 12.5. The topological polar surface area (TPSA) is 57.5 Å². The van der Waals surface area contributed by atoms with E-state index in [0.29, 0.717) is 0 Å². The molecule has 0 bridgehead atoms. The lowest BCUT2D eigenvalue weighted by Crippen LogP contribution is -2.43. The van der Waals surface area contributed by atoms with Gasteiger partial charge < -0.3 is 10.2 Å². The fourth-order valence-corrected chi connectivity index (χ4v) is 3.74. The normalized spacial score (nSPS) is 14.9. The number of carboxylic acid groups (broad SMARTS) is 1. The number of unbranched alkanes of at least 4 members (excludes halogenated alkanes) is 13. The van der Waals surface area contributed by atoms with Crippen LogP contribution >= 0.6 is 0 Å². The van der Waals surface area contributed by atoms with E-state index in [9.17, 15) is 15.0 Å². The predicted molar refractivity (Wildman–Crippen MR) is 112 cm³/mol. The van der Waals surface area contributed by atoms with Crippen LogP contribution < -0.4 is 0 Å². The number of aliphatic hydroxyl groups is 1. The number of hydrogen-bond donors (Lipinski definition) is 2. The Kier molecular flexibility index (Phi) is 16.2. The lowest BCUT2D eigenvalue weighted by atomic mass is 9.81. The Labute approximate surface area is 163 Å². The highest BCUT2D eigenvalue weighted by Gasteiger charge is 2.38. The number of aliphatic carboxylic acids is 1. The average Bonchev–Trinajstić information content (AvgIpc) is 2.61. The maximum atomic E-state index is 11.3. The molecule has 26 heavy (non-hydrogen) atoms. The van der Waals surface area contributed by atoms with Gasteiger partial charge in [-0.05, 0) is 25.7 Å². The van der Waals surface area contributed by atoms with Gasteiger partial charge in [-0.1, -0.05) is 110 Å². The molecule has 0 rings (SSSR count). The minimum Gasteiger partial charge on any atom is -0.479 e. The van der Waals surface area contributed by atoms with Gasteiger partial charge in [-0.15, -0.1) is 0 Å². The number of rotatable bonds is 19. The number of carboxylic acids is 1. The molecule has 3 heteroatoms.